The van der Waals surface area contributed by atoms with Crippen LogP contribution in [0.25, 0.3) is 11.3 Å². The smallest absolute Gasteiger partial charge is 0.126 e. The molecule has 19 heavy (non-hydrogen) atoms. The van der Waals surface area contributed by atoms with Gasteiger partial charge in [0.1, 0.15) is 11.6 Å². The molecule has 1 aliphatic heterocycles. The molecule has 2 aromatic rings. The van der Waals surface area contributed by atoms with Crippen molar-refractivity contribution in [3.8, 4) is 11.3 Å². The fourth-order valence-corrected chi connectivity index (χ4v) is 2.20. The quantitative estimate of drug-likeness (QED) is 0.886. The highest BCUT2D eigenvalue weighted by molar-refractivity contribution is 5.59. The minimum Gasteiger partial charge on any atom is -0.395 e. The highest BCUT2D eigenvalue weighted by atomic mass is 19.1. The Balaban J connectivity index is 1.94. The summed E-state index contributed by atoms with van der Waals surface area (Å²) in [5, 5.41) is 9.46. The van der Waals surface area contributed by atoms with Gasteiger partial charge in [-0.3, -0.25) is 0 Å². The molecule has 4 nitrogen and oxygen atoms in total. The van der Waals surface area contributed by atoms with Gasteiger partial charge in [-0.2, -0.15) is 0 Å². The number of hydrogen-bond donors (Lipinski definition) is 2. The number of nitrogens with zero attached hydrogens (tertiary/aromatic N) is 1. The molecule has 2 N–H and O–H groups in total. The van der Waals surface area contributed by atoms with Crippen LogP contribution >= 0.6 is 0 Å². The van der Waals surface area contributed by atoms with Crippen molar-refractivity contribution in [1.29, 1.82) is 0 Å². The molecule has 0 bridgehead atoms. The van der Waals surface area contributed by atoms with Gasteiger partial charge in [-0.25, -0.2) is 9.37 Å². The zero-order valence-corrected chi connectivity index (χ0v) is 10.6. The average Bonchev–Trinajstić information content (AvgIpc) is 2.82. The first kappa shape index (κ1) is 12.3. The molecular formula is C14H15FN2O2. The third kappa shape index (κ3) is 1.95. The number of ether oxygens (including phenoxy) is 1. The summed E-state index contributed by atoms with van der Waals surface area (Å²) in [6.07, 6.45) is 1.71. The molecule has 100 valence electrons. The van der Waals surface area contributed by atoms with E-state index < -0.39 is 5.41 Å². The molecule has 1 aliphatic rings. The van der Waals surface area contributed by atoms with Gasteiger partial charge in [-0.05, 0) is 30.7 Å². The molecule has 2 heterocycles. The van der Waals surface area contributed by atoms with Gasteiger partial charge in [0, 0.05) is 5.56 Å². The van der Waals surface area contributed by atoms with E-state index in [0.29, 0.717) is 18.8 Å². The minimum atomic E-state index is -0.409. The third-order valence-electron chi connectivity index (χ3n) is 3.61. The lowest BCUT2D eigenvalue weighted by Gasteiger charge is -2.37. The Morgan fingerprint density at radius 2 is 2.26 bits per heavy atom. The number of rotatable bonds is 3. The summed E-state index contributed by atoms with van der Waals surface area (Å²) in [4.78, 5) is 7.52. The average molecular weight is 262 g/mol. The predicted molar refractivity (Wildman–Crippen MR) is 68.3 cm³/mol. The molecular weight excluding hydrogens is 247 g/mol. The molecule has 1 aromatic carbocycles. The highest BCUT2D eigenvalue weighted by Gasteiger charge is 2.42. The van der Waals surface area contributed by atoms with Crippen LogP contribution in [0.2, 0.25) is 0 Å². The van der Waals surface area contributed by atoms with Crippen molar-refractivity contribution in [2.75, 3.05) is 19.8 Å². The first-order valence-electron chi connectivity index (χ1n) is 6.15. The highest BCUT2D eigenvalue weighted by Crippen LogP contribution is 2.31. The number of imidazole rings is 1. The second-order valence-corrected chi connectivity index (χ2v) is 5.04. The topological polar surface area (TPSA) is 58.1 Å². The maximum absolute atomic E-state index is 13.3. The van der Waals surface area contributed by atoms with E-state index >= 15 is 0 Å². The number of aryl methyl sites for hydroxylation is 1. The molecule has 5 heteroatoms. The lowest BCUT2D eigenvalue weighted by atomic mass is 9.86. The van der Waals surface area contributed by atoms with Crippen molar-refractivity contribution < 1.29 is 14.2 Å². The summed E-state index contributed by atoms with van der Waals surface area (Å²) < 4.78 is 18.4. The van der Waals surface area contributed by atoms with Crippen LogP contribution < -0.4 is 0 Å². The van der Waals surface area contributed by atoms with Crippen LogP contribution in [0.5, 0.6) is 0 Å². The van der Waals surface area contributed by atoms with Gasteiger partial charge in [-0.15, -0.1) is 0 Å². The summed E-state index contributed by atoms with van der Waals surface area (Å²) in [6, 6.07) is 4.93. The van der Waals surface area contributed by atoms with Crippen molar-refractivity contribution >= 4 is 0 Å². The fraction of sp³-hybridized carbons (Fsp3) is 0.357. The Bertz CT molecular complexity index is 600. The molecule has 0 saturated carbocycles. The number of nitrogens with one attached hydrogen (secondary N) is 1. The number of H-pyrrole nitrogens is 1. The van der Waals surface area contributed by atoms with Gasteiger partial charge >= 0.3 is 0 Å². The zero-order chi connectivity index (χ0) is 13.5. The molecule has 0 aliphatic carbocycles. The van der Waals surface area contributed by atoms with Crippen molar-refractivity contribution in [3.63, 3.8) is 0 Å². The molecule has 0 unspecified atom stereocenters. The predicted octanol–water partition coefficient (Wildman–Crippen LogP) is 1.78. The number of hydrogen-bond acceptors (Lipinski definition) is 3. The van der Waals surface area contributed by atoms with Crippen LogP contribution in [-0.4, -0.2) is 34.9 Å². The minimum absolute atomic E-state index is 0.00238. The Hall–Kier alpha value is -1.72. The maximum atomic E-state index is 13.3. The lowest BCUT2D eigenvalue weighted by Crippen LogP contribution is -2.50. The van der Waals surface area contributed by atoms with E-state index in [1.807, 2.05) is 0 Å². The van der Waals surface area contributed by atoms with Crippen LogP contribution in [0, 0.1) is 12.7 Å². The van der Waals surface area contributed by atoms with Crippen molar-refractivity contribution in [1.82, 2.24) is 9.97 Å². The molecule has 1 aromatic heterocycles. The molecule has 1 saturated heterocycles. The maximum Gasteiger partial charge on any atom is 0.126 e. The summed E-state index contributed by atoms with van der Waals surface area (Å²) in [5.41, 5.74) is 1.88. The number of benzene rings is 1. The van der Waals surface area contributed by atoms with E-state index in [0.717, 1.165) is 17.1 Å². The van der Waals surface area contributed by atoms with Crippen molar-refractivity contribution in [3.05, 3.63) is 41.6 Å². The second kappa shape index (κ2) is 4.43. The molecule has 0 amide bonds. The monoisotopic (exact) mass is 262 g/mol. The number of aliphatic hydroxyl groups excluding tert-OH is 1. The summed E-state index contributed by atoms with van der Waals surface area (Å²) >= 11 is 0. The fourth-order valence-electron chi connectivity index (χ4n) is 2.20. The summed E-state index contributed by atoms with van der Waals surface area (Å²) in [7, 11) is 0. The first-order valence-corrected chi connectivity index (χ1v) is 6.15. The molecule has 0 spiro atoms. The van der Waals surface area contributed by atoms with E-state index in [2.05, 4.69) is 9.97 Å². The normalized spacial score (nSPS) is 17.2. The second-order valence-electron chi connectivity index (χ2n) is 5.04. The Labute approximate surface area is 110 Å². The summed E-state index contributed by atoms with van der Waals surface area (Å²) in [5.74, 6) is 0.501. The van der Waals surface area contributed by atoms with Crippen LogP contribution in [0.15, 0.2) is 24.4 Å². The van der Waals surface area contributed by atoms with Gasteiger partial charge in [0.25, 0.3) is 0 Å². The number of aromatic amines is 1. The molecule has 0 atom stereocenters. The van der Waals surface area contributed by atoms with Crippen LogP contribution in [0.1, 0.15) is 11.4 Å². The number of aliphatic hydroxyl groups is 1. The molecule has 0 radical (unpaired) electrons. The van der Waals surface area contributed by atoms with Gasteiger partial charge in [-0.1, -0.05) is 0 Å². The third-order valence-corrected chi connectivity index (χ3v) is 3.61. The van der Waals surface area contributed by atoms with Gasteiger partial charge < -0.3 is 14.8 Å². The first-order chi connectivity index (χ1) is 9.14. The van der Waals surface area contributed by atoms with E-state index in [4.69, 9.17) is 4.74 Å². The molecule has 1 fully saturated rings. The van der Waals surface area contributed by atoms with Crippen LogP contribution in [0.4, 0.5) is 4.39 Å². The van der Waals surface area contributed by atoms with E-state index in [1.54, 1.807) is 25.3 Å². The summed E-state index contributed by atoms with van der Waals surface area (Å²) in [6.45, 7) is 2.67. The van der Waals surface area contributed by atoms with Gasteiger partial charge in [0.15, 0.2) is 0 Å². The lowest BCUT2D eigenvalue weighted by molar-refractivity contribution is -0.0880. The SMILES string of the molecule is Cc1cc(-c2cnc(C3(CO)COC3)[nH]2)ccc1F. The number of halogens is 1. The standard InChI is InChI=1S/C14H15FN2O2/c1-9-4-10(2-3-11(9)15)12-5-16-13(17-12)14(6-18)7-19-8-14/h2-5,18H,6-8H2,1H3,(H,16,17). The van der Waals surface area contributed by atoms with Gasteiger partial charge in [0.05, 0.1) is 37.1 Å². The van der Waals surface area contributed by atoms with Crippen molar-refractivity contribution in [2.24, 2.45) is 0 Å². The largest absolute Gasteiger partial charge is 0.395 e. The van der Waals surface area contributed by atoms with E-state index in [-0.39, 0.29) is 12.4 Å². The van der Waals surface area contributed by atoms with E-state index in [9.17, 15) is 9.50 Å². The molecule has 3 rings (SSSR count). The Morgan fingerprint density at radius 1 is 1.47 bits per heavy atom. The van der Waals surface area contributed by atoms with Crippen LogP contribution in [-0.2, 0) is 10.2 Å². The zero-order valence-electron chi connectivity index (χ0n) is 10.6. The number of aromatic nitrogens is 2. The van der Waals surface area contributed by atoms with Crippen molar-refractivity contribution in [2.45, 2.75) is 12.3 Å². The van der Waals surface area contributed by atoms with Crippen LogP contribution in [0.3, 0.4) is 0 Å². The Morgan fingerprint density at radius 3 is 2.84 bits per heavy atom. The Kier molecular flexibility index (Phi) is 2.88. The van der Waals surface area contributed by atoms with Gasteiger partial charge in [0.2, 0.25) is 0 Å². The van der Waals surface area contributed by atoms with E-state index in [1.165, 1.54) is 6.07 Å².